The molecule has 0 bridgehead atoms. The molecule has 1 heterocycles. The van der Waals surface area contributed by atoms with E-state index in [0.717, 1.165) is 22.3 Å². The largest absolute Gasteiger partial charge is 0.508 e. The van der Waals surface area contributed by atoms with Crippen molar-refractivity contribution in [2.45, 2.75) is 32.0 Å². The minimum atomic E-state index is -4.25. The van der Waals surface area contributed by atoms with Gasteiger partial charge in [0.1, 0.15) is 5.75 Å². The van der Waals surface area contributed by atoms with Crippen LogP contribution in [0.2, 0.25) is 0 Å². The number of phenols is 1. The van der Waals surface area contributed by atoms with E-state index >= 15 is 0 Å². The monoisotopic (exact) mass is 335 g/mol. The quantitative estimate of drug-likeness (QED) is 0.867. The zero-order valence-electron chi connectivity index (χ0n) is 13.5. The molecule has 1 aliphatic rings. The van der Waals surface area contributed by atoms with Crippen molar-refractivity contribution in [3.05, 3.63) is 64.7 Å². The van der Waals surface area contributed by atoms with Gasteiger partial charge in [0.05, 0.1) is 12.6 Å². The summed E-state index contributed by atoms with van der Waals surface area (Å²) in [6.45, 7) is 1.38. The summed E-state index contributed by atoms with van der Waals surface area (Å²) in [5, 5.41) is 9.73. The lowest BCUT2D eigenvalue weighted by atomic mass is 9.92. The van der Waals surface area contributed by atoms with Gasteiger partial charge in [0.2, 0.25) is 0 Å². The average molecular weight is 335 g/mol. The summed E-state index contributed by atoms with van der Waals surface area (Å²) in [6, 6.07) is 12.2. The summed E-state index contributed by atoms with van der Waals surface area (Å²) in [5.74, 6) is 0.153. The van der Waals surface area contributed by atoms with E-state index in [0.29, 0.717) is 19.4 Å². The standard InChI is InChI=1S/C19H20F3NO/c1-13-4-6-14(7-5-13)18-17-9-8-16(24)11-15(17)3-2-10-23(18)12-19(20,21)22/h4-9,11,18,24H,2-3,10,12H2,1H3. The Morgan fingerprint density at radius 3 is 2.50 bits per heavy atom. The molecular formula is C19H20F3NO. The number of halogens is 3. The second kappa shape index (κ2) is 6.48. The molecule has 2 aromatic carbocycles. The molecule has 2 aromatic rings. The van der Waals surface area contributed by atoms with Gasteiger partial charge in [-0.3, -0.25) is 4.90 Å². The molecule has 0 saturated heterocycles. The summed E-state index contributed by atoms with van der Waals surface area (Å²) in [4.78, 5) is 1.49. The zero-order valence-corrected chi connectivity index (χ0v) is 13.5. The summed E-state index contributed by atoms with van der Waals surface area (Å²) in [6.07, 6.45) is -2.94. The molecule has 128 valence electrons. The maximum absolute atomic E-state index is 13.1. The third-order valence-corrected chi connectivity index (χ3v) is 4.45. The fourth-order valence-electron chi connectivity index (χ4n) is 3.41. The second-order valence-electron chi connectivity index (χ2n) is 6.39. The Hall–Kier alpha value is -2.01. The molecule has 24 heavy (non-hydrogen) atoms. The Kier molecular flexibility index (Phi) is 4.54. The third kappa shape index (κ3) is 3.73. The molecule has 0 fully saturated rings. The molecule has 0 spiro atoms. The number of aromatic hydroxyl groups is 1. The maximum Gasteiger partial charge on any atom is 0.401 e. The summed E-state index contributed by atoms with van der Waals surface area (Å²) in [5.41, 5.74) is 3.68. The number of nitrogens with zero attached hydrogens (tertiary/aromatic N) is 1. The highest BCUT2D eigenvalue weighted by Gasteiger charge is 2.36. The predicted octanol–water partition coefficient (Wildman–Crippen LogP) is 4.60. The van der Waals surface area contributed by atoms with Gasteiger partial charge in [0.15, 0.2) is 0 Å². The number of hydrogen-bond donors (Lipinski definition) is 1. The molecule has 0 aromatic heterocycles. The van der Waals surface area contributed by atoms with Gasteiger partial charge in [-0.2, -0.15) is 13.2 Å². The van der Waals surface area contributed by atoms with Gasteiger partial charge < -0.3 is 5.11 Å². The fraction of sp³-hybridized carbons (Fsp3) is 0.368. The van der Waals surface area contributed by atoms with E-state index in [1.54, 1.807) is 18.2 Å². The van der Waals surface area contributed by atoms with Gasteiger partial charge in [-0.05, 0) is 55.1 Å². The molecule has 0 amide bonds. The first-order valence-electron chi connectivity index (χ1n) is 8.03. The SMILES string of the molecule is Cc1ccc(C2c3ccc(O)cc3CCCN2CC(F)(F)F)cc1. The van der Waals surface area contributed by atoms with Crippen molar-refractivity contribution in [2.75, 3.05) is 13.1 Å². The number of hydrogen-bond acceptors (Lipinski definition) is 2. The fourth-order valence-corrected chi connectivity index (χ4v) is 3.41. The first-order valence-corrected chi connectivity index (χ1v) is 8.03. The number of aryl methyl sites for hydroxylation is 2. The summed E-state index contributed by atoms with van der Waals surface area (Å²) < 4.78 is 39.3. The average Bonchev–Trinajstić information content (AvgIpc) is 2.65. The molecule has 1 unspecified atom stereocenters. The Bertz CT molecular complexity index is 710. The van der Waals surface area contributed by atoms with Crippen LogP contribution in [-0.2, 0) is 6.42 Å². The number of alkyl halides is 3. The third-order valence-electron chi connectivity index (χ3n) is 4.45. The molecule has 0 saturated carbocycles. The molecule has 1 N–H and O–H groups in total. The van der Waals surface area contributed by atoms with Crippen molar-refractivity contribution >= 4 is 0 Å². The summed E-state index contributed by atoms with van der Waals surface area (Å²) in [7, 11) is 0. The number of benzene rings is 2. The van der Waals surface area contributed by atoms with E-state index in [2.05, 4.69) is 0 Å². The smallest absolute Gasteiger partial charge is 0.401 e. The number of phenolic OH excluding ortho intramolecular Hbond substituents is 1. The number of rotatable bonds is 2. The normalized spacial score (nSPS) is 18.9. The van der Waals surface area contributed by atoms with Crippen LogP contribution in [0.25, 0.3) is 0 Å². The zero-order chi connectivity index (χ0) is 17.3. The van der Waals surface area contributed by atoms with E-state index in [4.69, 9.17) is 0 Å². The highest BCUT2D eigenvalue weighted by Crippen LogP contribution is 2.37. The Balaban J connectivity index is 2.09. The van der Waals surface area contributed by atoms with Crippen LogP contribution >= 0.6 is 0 Å². The first-order chi connectivity index (χ1) is 11.3. The minimum absolute atomic E-state index is 0.153. The van der Waals surface area contributed by atoms with Crippen LogP contribution < -0.4 is 0 Å². The van der Waals surface area contributed by atoms with Crippen LogP contribution in [0, 0.1) is 6.92 Å². The van der Waals surface area contributed by atoms with Gasteiger partial charge in [0.25, 0.3) is 0 Å². The van der Waals surface area contributed by atoms with E-state index in [9.17, 15) is 18.3 Å². The van der Waals surface area contributed by atoms with E-state index in [1.807, 2.05) is 31.2 Å². The molecule has 3 rings (SSSR count). The predicted molar refractivity (Wildman–Crippen MR) is 87.1 cm³/mol. The van der Waals surface area contributed by atoms with Crippen molar-refractivity contribution in [3.8, 4) is 5.75 Å². The van der Waals surface area contributed by atoms with Crippen molar-refractivity contribution in [3.63, 3.8) is 0 Å². The van der Waals surface area contributed by atoms with Crippen LogP contribution in [0.1, 0.15) is 34.7 Å². The van der Waals surface area contributed by atoms with Gasteiger partial charge in [-0.15, -0.1) is 0 Å². The lowest BCUT2D eigenvalue weighted by Gasteiger charge is -2.32. The van der Waals surface area contributed by atoms with Gasteiger partial charge in [0, 0.05) is 0 Å². The molecular weight excluding hydrogens is 315 g/mol. The highest BCUT2D eigenvalue weighted by atomic mass is 19.4. The molecule has 0 radical (unpaired) electrons. The Labute approximate surface area is 139 Å². The molecule has 1 aliphatic heterocycles. The van der Waals surface area contributed by atoms with Crippen molar-refractivity contribution in [1.82, 2.24) is 4.90 Å². The van der Waals surface area contributed by atoms with Crippen molar-refractivity contribution in [2.24, 2.45) is 0 Å². The number of fused-ring (bicyclic) bond motifs is 1. The maximum atomic E-state index is 13.1. The molecule has 1 atom stereocenters. The lowest BCUT2D eigenvalue weighted by Crippen LogP contribution is -2.37. The molecule has 2 nitrogen and oxygen atoms in total. The van der Waals surface area contributed by atoms with Gasteiger partial charge in [-0.25, -0.2) is 0 Å². The van der Waals surface area contributed by atoms with Crippen molar-refractivity contribution < 1.29 is 18.3 Å². The molecule has 0 aliphatic carbocycles. The molecule has 5 heteroatoms. The highest BCUT2D eigenvalue weighted by molar-refractivity contribution is 5.42. The van der Waals surface area contributed by atoms with E-state index in [-0.39, 0.29) is 5.75 Å². The van der Waals surface area contributed by atoms with E-state index < -0.39 is 18.8 Å². The van der Waals surface area contributed by atoms with Crippen LogP contribution in [-0.4, -0.2) is 29.3 Å². The Morgan fingerprint density at radius 2 is 1.83 bits per heavy atom. The second-order valence-corrected chi connectivity index (χ2v) is 6.39. The first kappa shape index (κ1) is 16.8. The lowest BCUT2D eigenvalue weighted by molar-refractivity contribution is -0.149. The topological polar surface area (TPSA) is 23.5 Å². The van der Waals surface area contributed by atoms with E-state index in [1.165, 1.54) is 4.90 Å². The van der Waals surface area contributed by atoms with Gasteiger partial charge >= 0.3 is 6.18 Å². The van der Waals surface area contributed by atoms with Crippen LogP contribution in [0.3, 0.4) is 0 Å². The van der Waals surface area contributed by atoms with Crippen molar-refractivity contribution in [1.29, 1.82) is 0 Å². The Morgan fingerprint density at radius 1 is 1.12 bits per heavy atom. The van der Waals surface area contributed by atoms with Crippen LogP contribution in [0.5, 0.6) is 5.75 Å². The van der Waals surface area contributed by atoms with Crippen LogP contribution in [0.4, 0.5) is 13.2 Å². The van der Waals surface area contributed by atoms with Gasteiger partial charge in [-0.1, -0.05) is 35.9 Å². The summed E-state index contributed by atoms with van der Waals surface area (Å²) >= 11 is 0. The van der Waals surface area contributed by atoms with Crippen LogP contribution in [0.15, 0.2) is 42.5 Å². The minimum Gasteiger partial charge on any atom is -0.508 e.